The van der Waals surface area contributed by atoms with Gasteiger partial charge in [0.2, 0.25) is 0 Å². The minimum atomic E-state index is -2.54. The predicted molar refractivity (Wildman–Crippen MR) is 80.1 cm³/mol. The summed E-state index contributed by atoms with van der Waals surface area (Å²) in [7, 11) is -2.54. The molecule has 3 aliphatic heterocycles. The lowest BCUT2D eigenvalue weighted by atomic mass is 10.4. The summed E-state index contributed by atoms with van der Waals surface area (Å²) >= 11 is 0. The molecule has 0 bridgehead atoms. The van der Waals surface area contributed by atoms with Crippen molar-refractivity contribution in [3.8, 4) is 0 Å². The third kappa shape index (κ3) is 2.32. The van der Waals surface area contributed by atoms with E-state index >= 15 is 0 Å². The molecule has 0 aromatic carbocycles. The van der Waals surface area contributed by atoms with Crippen molar-refractivity contribution >= 4 is 19.1 Å². The summed E-state index contributed by atoms with van der Waals surface area (Å²) in [5, 5.41) is 3.28. The number of rotatable bonds is 5. The van der Waals surface area contributed by atoms with Crippen LogP contribution in [0, 0.1) is 0 Å². The first-order valence-corrected chi connectivity index (χ1v) is 8.97. The number of nitrogens with zero attached hydrogens (tertiary/aromatic N) is 4. The van der Waals surface area contributed by atoms with Crippen molar-refractivity contribution < 1.29 is 4.57 Å². The molecule has 0 radical (unpaired) electrons. The zero-order valence-corrected chi connectivity index (χ0v) is 12.4. The maximum atomic E-state index is 13.0. The fourth-order valence-electron chi connectivity index (χ4n) is 2.73. The lowest BCUT2D eigenvalue weighted by molar-refractivity contribution is 0.524. The Morgan fingerprint density at radius 3 is 2.30 bits per heavy atom. The summed E-state index contributed by atoms with van der Waals surface area (Å²) in [5.74, 6) is 0.996. The first-order chi connectivity index (χ1) is 9.75. The van der Waals surface area contributed by atoms with Crippen molar-refractivity contribution in [1.29, 1.82) is 0 Å². The summed E-state index contributed by atoms with van der Waals surface area (Å²) in [6.07, 6.45) is 4.28. The number of pyridine rings is 1. The Morgan fingerprint density at radius 2 is 1.70 bits per heavy atom. The Balaban J connectivity index is 1.55. The van der Waals surface area contributed by atoms with Crippen LogP contribution in [-0.2, 0) is 4.57 Å². The highest BCUT2D eigenvalue weighted by Gasteiger charge is 2.48. The molecule has 4 rings (SSSR count). The summed E-state index contributed by atoms with van der Waals surface area (Å²) in [5.41, 5.74) is 0.920. The monoisotopic (exact) mass is 293 g/mol. The molecule has 3 saturated heterocycles. The zero-order chi connectivity index (χ0) is 13.6. The third-order valence-corrected chi connectivity index (χ3v) is 6.95. The number of aromatic nitrogens is 1. The van der Waals surface area contributed by atoms with E-state index in [2.05, 4.69) is 15.0 Å². The molecular formula is C13H20N5OP. The SMILES string of the molecule is O=P(Nc1ccnc(N2CCCC2)c1)(N1CC1)N1CC1. The van der Waals surface area contributed by atoms with E-state index in [0.29, 0.717) is 0 Å². The molecule has 108 valence electrons. The molecule has 1 aromatic heterocycles. The van der Waals surface area contributed by atoms with Gasteiger partial charge >= 0.3 is 7.59 Å². The van der Waals surface area contributed by atoms with Gasteiger partial charge in [-0.1, -0.05) is 0 Å². The van der Waals surface area contributed by atoms with E-state index in [1.807, 2.05) is 27.7 Å². The molecule has 20 heavy (non-hydrogen) atoms. The van der Waals surface area contributed by atoms with Gasteiger partial charge in [-0.25, -0.2) is 14.3 Å². The number of hydrogen-bond acceptors (Lipinski definition) is 3. The average molecular weight is 293 g/mol. The topological polar surface area (TPSA) is 51.2 Å². The number of anilines is 2. The van der Waals surface area contributed by atoms with Crippen LogP contribution in [0.4, 0.5) is 11.5 Å². The summed E-state index contributed by atoms with van der Waals surface area (Å²) < 4.78 is 17.1. The van der Waals surface area contributed by atoms with Crippen LogP contribution in [0.2, 0.25) is 0 Å². The molecule has 0 saturated carbocycles. The van der Waals surface area contributed by atoms with Gasteiger partial charge in [0.25, 0.3) is 0 Å². The molecule has 0 unspecified atom stereocenters. The van der Waals surface area contributed by atoms with Gasteiger partial charge in [0.15, 0.2) is 0 Å². The molecule has 3 aliphatic rings. The van der Waals surface area contributed by atoms with Crippen LogP contribution in [0.5, 0.6) is 0 Å². The van der Waals surface area contributed by atoms with Gasteiger partial charge in [-0.05, 0) is 18.9 Å². The second-order valence-electron chi connectivity index (χ2n) is 5.66. The Kier molecular flexibility index (Phi) is 2.98. The second kappa shape index (κ2) is 4.72. The Hall–Kier alpha value is -1.10. The second-order valence-corrected chi connectivity index (χ2v) is 8.10. The van der Waals surface area contributed by atoms with Crippen LogP contribution in [0.15, 0.2) is 18.3 Å². The highest BCUT2D eigenvalue weighted by atomic mass is 31.2. The van der Waals surface area contributed by atoms with Crippen LogP contribution in [0.1, 0.15) is 12.8 Å². The van der Waals surface area contributed by atoms with E-state index in [-0.39, 0.29) is 0 Å². The lowest BCUT2D eigenvalue weighted by Gasteiger charge is -2.23. The van der Waals surface area contributed by atoms with Crippen molar-refractivity contribution in [3.63, 3.8) is 0 Å². The lowest BCUT2D eigenvalue weighted by Crippen LogP contribution is -2.19. The standard InChI is InChI=1S/C13H20N5OP/c19-20(17-7-8-17,18-9-10-18)15-12-3-4-14-13(11-12)16-5-1-2-6-16/h3-4,11H,1-2,5-10H2,(H,14,15,19). The van der Waals surface area contributed by atoms with E-state index in [1.54, 1.807) is 0 Å². The van der Waals surface area contributed by atoms with E-state index in [0.717, 1.165) is 50.8 Å². The molecule has 7 heteroatoms. The van der Waals surface area contributed by atoms with Gasteiger partial charge in [-0.2, -0.15) is 0 Å². The summed E-state index contributed by atoms with van der Waals surface area (Å²) in [6, 6.07) is 3.95. The van der Waals surface area contributed by atoms with Gasteiger partial charge in [0, 0.05) is 57.2 Å². The Bertz CT molecular complexity index is 535. The number of nitrogens with one attached hydrogen (secondary N) is 1. The van der Waals surface area contributed by atoms with Gasteiger partial charge < -0.3 is 9.99 Å². The van der Waals surface area contributed by atoms with Crippen molar-refractivity contribution in [2.24, 2.45) is 0 Å². The summed E-state index contributed by atoms with van der Waals surface area (Å²) in [6.45, 7) is 5.89. The van der Waals surface area contributed by atoms with Crippen LogP contribution in [0.25, 0.3) is 0 Å². The quantitative estimate of drug-likeness (QED) is 0.660. The fourth-order valence-corrected chi connectivity index (χ4v) is 5.11. The molecule has 0 spiro atoms. The van der Waals surface area contributed by atoms with Crippen LogP contribution < -0.4 is 9.99 Å². The normalized spacial score (nSPS) is 23.1. The largest absolute Gasteiger partial charge is 0.357 e. The van der Waals surface area contributed by atoms with Crippen LogP contribution >= 0.6 is 7.59 Å². The van der Waals surface area contributed by atoms with Crippen molar-refractivity contribution in [2.75, 3.05) is 49.3 Å². The Morgan fingerprint density at radius 1 is 1.05 bits per heavy atom. The first kappa shape index (κ1) is 12.6. The van der Waals surface area contributed by atoms with E-state index in [9.17, 15) is 4.57 Å². The third-order valence-electron chi connectivity index (χ3n) is 4.06. The highest BCUT2D eigenvalue weighted by molar-refractivity contribution is 7.61. The minimum Gasteiger partial charge on any atom is -0.357 e. The molecule has 3 fully saturated rings. The molecule has 4 heterocycles. The maximum absolute atomic E-state index is 13.0. The maximum Gasteiger partial charge on any atom is 0.308 e. The smallest absolute Gasteiger partial charge is 0.308 e. The fraction of sp³-hybridized carbons (Fsp3) is 0.615. The molecule has 1 aromatic rings. The average Bonchev–Trinajstić information content (AvgIpc) is 3.36. The molecule has 0 atom stereocenters. The predicted octanol–water partition coefficient (Wildman–Crippen LogP) is 1.83. The molecule has 0 amide bonds. The number of hydrogen-bond donors (Lipinski definition) is 1. The van der Waals surface area contributed by atoms with E-state index in [4.69, 9.17) is 0 Å². The molecule has 1 N–H and O–H groups in total. The van der Waals surface area contributed by atoms with Crippen LogP contribution in [0.3, 0.4) is 0 Å². The van der Waals surface area contributed by atoms with Gasteiger partial charge in [0.05, 0.1) is 0 Å². The highest BCUT2D eigenvalue weighted by Crippen LogP contribution is 2.59. The van der Waals surface area contributed by atoms with Gasteiger partial charge in [0.1, 0.15) is 5.82 Å². The van der Waals surface area contributed by atoms with E-state index < -0.39 is 7.59 Å². The minimum absolute atomic E-state index is 0.920. The van der Waals surface area contributed by atoms with Gasteiger partial charge in [-0.15, -0.1) is 0 Å². The molecule has 6 nitrogen and oxygen atoms in total. The molecule has 0 aliphatic carbocycles. The van der Waals surface area contributed by atoms with Gasteiger partial charge in [-0.3, -0.25) is 4.57 Å². The first-order valence-electron chi connectivity index (χ1n) is 7.36. The van der Waals surface area contributed by atoms with Crippen molar-refractivity contribution in [2.45, 2.75) is 12.8 Å². The van der Waals surface area contributed by atoms with E-state index in [1.165, 1.54) is 12.8 Å². The van der Waals surface area contributed by atoms with Crippen molar-refractivity contribution in [1.82, 2.24) is 14.3 Å². The molecular weight excluding hydrogens is 273 g/mol. The zero-order valence-electron chi connectivity index (χ0n) is 11.5. The Labute approximate surface area is 119 Å². The summed E-state index contributed by atoms with van der Waals surface area (Å²) in [4.78, 5) is 6.74. The van der Waals surface area contributed by atoms with Crippen LogP contribution in [-0.4, -0.2) is 53.6 Å². The van der Waals surface area contributed by atoms with Crippen molar-refractivity contribution in [3.05, 3.63) is 18.3 Å².